The van der Waals surface area contributed by atoms with E-state index >= 15 is 0 Å². The first-order valence-corrected chi connectivity index (χ1v) is 6.74. The molecule has 0 saturated heterocycles. The lowest BCUT2D eigenvalue weighted by molar-refractivity contribution is -0.133. The first-order chi connectivity index (χ1) is 9.09. The molecule has 0 aliphatic rings. The minimum atomic E-state index is 0.0686. The zero-order chi connectivity index (χ0) is 13.8. The summed E-state index contributed by atoms with van der Waals surface area (Å²) in [5, 5.41) is 0. The number of hydrogen-bond donors (Lipinski definition) is 0. The van der Waals surface area contributed by atoms with E-state index in [-0.39, 0.29) is 11.8 Å². The number of benzene rings is 1. The number of carbonyl (C=O) groups is 1. The molecule has 4 nitrogen and oxygen atoms in total. The molecule has 0 atom stereocenters. The summed E-state index contributed by atoms with van der Waals surface area (Å²) >= 11 is 0. The van der Waals surface area contributed by atoms with Gasteiger partial charge in [0.05, 0.1) is 17.4 Å². The van der Waals surface area contributed by atoms with Gasteiger partial charge in [0.15, 0.2) is 0 Å². The normalized spacial score (nSPS) is 11.2. The van der Waals surface area contributed by atoms with Crippen molar-refractivity contribution in [2.24, 2.45) is 5.92 Å². The Morgan fingerprint density at radius 2 is 2.11 bits per heavy atom. The lowest BCUT2D eigenvalue weighted by atomic mass is 10.2. The molecule has 1 amide bonds. The molecule has 0 spiro atoms. The van der Waals surface area contributed by atoms with Gasteiger partial charge in [0.1, 0.15) is 0 Å². The third-order valence-corrected chi connectivity index (χ3v) is 3.29. The second-order valence-electron chi connectivity index (χ2n) is 5.19. The molecule has 0 saturated carbocycles. The number of carbonyl (C=O) groups excluding carboxylic acids is 1. The molecule has 0 aliphatic heterocycles. The zero-order valence-corrected chi connectivity index (χ0v) is 11.8. The molecule has 19 heavy (non-hydrogen) atoms. The van der Waals surface area contributed by atoms with Crippen LogP contribution < -0.4 is 0 Å². The van der Waals surface area contributed by atoms with Gasteiger partial charge in [-0.3, -0.25) is 4.79 Å². The minimum absolute atomic E-state index is 0.0686. The van der Waals surface area contributed by atoms with E-state index in [0.717, 1.165) is 30.5 Å². The fourth-order valence-corrected chi connectivity index (χ4v) is 2.22. The van der Waals surface area contributed by atoms with Crippen LogP contribution in [0.25, 0.3) is 11.0 Å². The Morgan fingerprint density at radius 3 is 2.84 bits per heavy atom. The standard InChI is InChI=1S/C15H21N3O/c1-12(2)15(19)17(3)9-6-10-18-11-16-13-7-4-5-8-14(13)18/h4-5,7-8,11-12H,6,9-10H2,1-3H3. The highest BCUT2D eigenvalue weighted by Gasteiger charge is 2.12. The van der Waals surface area contributed by atoms with Crippen LogP contribution in [0.5, 0.6) is 0 Å². The predicted molar refractivity (Wildman–Crippen MR) is 76.8 cm³/mol. The fraction of sp³-hybridized carbons (Fsp3) is 0.467. The first-order valence-electron chi connectivity index (χ1n) is 6.74. The second-order valence-corrected chi connectivity index (χ2v) is 5.19. The lowest BCUT2D eigenvalue weighted by Crippen LogP contribution is -2.31. The summed E-state index contributed by atoms with van der Waals surface area (Å²) in [5.74, 6) is 0.273. The Labute approximate surface area is 114 Å². The number of hydrogen-bond acceptors (Lipinski definition) is 2. The number of rotatable bonds is 5. The SMILES string of the molecule is CC(C)C(=O)N(C)CCCn1cnc2ccccc21. The Bertz CT molecular complexity index is 559. The van der Waals surface area contributed by atoms with Crippen molar-refractivity contribution in [1.29, 1.82) is 0 Å². The Balaban J connectivity index is 1.91. The number of aryl methyl sites for hydroxylation is 1. The number of nitrogens with zero attached hydrogens (tertiary/aromatic N) is 3. The van der Waals surface area contributed by atoms with Crippen LogP contribution in [0.2, 0.25) is 0 Å². The highest BCUT2D eigenvalue weighted by Crippen LogP contribution is 2.12. The maximum Gasteiger partial charge on any atom is 0.224 e. The molecule has 0 unspecified atom stereocenters. The van der Waals surface area contributed by atoms with E-state index in [1.165, 1.54) is 0 Å². The van der Waals surface area contributed by atoms with E-state index in [2.05, 4.69) is 15.6 Å². The van der Waals surface area contributed by atoms with Gasteiger partial charge < -0.3 is 9.47 Å². The Hall–Kier alpha value is -1.84. The van der Waals surface area contributed by atoms with Gasteiger partial charge >= 0.3 is 0 Å². The molecule has 0 radical (unpaired) electrons. The first kappa shape index (κ1) is 13.6. The van der Waals surface area contributed by atoms with E-state index < -0.39 is 0 Å². The monoisotopic (exact) mass is 259 g/mol. The van der Waals surface area contributed by atoms with E-state index in [4.69, 9.17) is 0 Å². The number of para-hydroxylation sites is 2. The fourth-order valence-electron chi connectivity index (χ4n) is 2.22. The quantitative estimate of drug-likeness (QED) is 0.827. The van der Waals surface area contributed by atoms with Crippen molar-refractivity contribution < 1.29 is 4.79 Å². The highest BCUT2D eigenvalue weighted by atomic mass is 16.2. The maximum atomic E-state index is 11.8. The summed E-state index contributed by atoms with van der Waals surface area (Å²) in [6, 6.07) is 8.11. The van der Waals surface area contributed by atoms with E-state index in [0.29, 0.717) is 0 Å². The van der Waals surface area contributed by atoms with E-state index in [1.807, 2.05) is 50.3 Å². The van der Waals surface area contributed by atoms with Gasteiger partial charge in [-0.05, 0) is 18.6 Å². The Kier molecular flexibility index (Phi) is 4.20. The van der Waals surface area contributed by atoms with E-state index in [9.17, 15) is 4.79 Å². The summed E-state index contributed by atoms with van der Waals surface area (Å²) in [6.45, 7) is 5.53. The van der Waals surface area contributed by atoms with Gasteiger partial charge in [0.2, 0.25) is 5.91 Å². The third-order valence-electron chi connectivity index (χ3n) is 3.29. The van der Waals surface area contributed by atoms with Gasteiger partial charge in [0, 0.05) is 26.1 Å². The molecular weight excluding hydrogens is 238 g/mol. The summed E-state index contributed by atoms with van der Waals surface area (Å²) in [6.07, 6.45) is 2.81. The van der Waals surface area contributed by atoms with Crippen LogP contribution in [-0.4, -0.2) is 34.0 Å². The largest absolute Gasteiger partial charge is 0.345 e. The molecule has 0 bridgehead atoms. The van der Waals surface area contributed by atoms with Crippen molar-refractivity contribution in [3.63, 3.8) is 0 Å². The number of fused-ring (bicyclic) bond motifs is 1. The van der Waals surface area contributed by atoms with Crippen LogP contribution in [0.3, 0.4) is 0 Å². The average molecular weight is 259 g/mol. The highest BCUT2D eigenvalue weighted by molar-refractivity contribution is 5.77. The summed E-state index contributed by atoms with van der Waals surface area (Å²) in [7, 11) is 1.87. The zero-order valence-electron chi connectivity index (χ0n) is 11.8. The van der Waals surface area contributed by atoms with Crippen molar-refractivity contribution in [2.45, 2.75) is 26.8 Å². The summed E-state index contributed by atoms with van der Waals surface area (Å²) < 4.78 is 2.14. The topological polar surface area (TPSA) is 38.1 Å². The molecule has 0 fully saturated rings. The molecule has 1 aromatic heterocycles. The van der Waals surface area contributed by atoms with Crippen LogP contribution in [0.15, 0.2) is 30.6 Å². The van der Waals surface area contributed by atoms with Gasteiger partial charge in [0.25, 0.3) is 0 Å². The van der Waals surface area contributed by atoms with Crippen LogP contribution >= 0.6 is 0 Å². The molecule has 4 heteroatoms. The number of amides is 1. The predicted octanol–water partition coefficient (Wildman–Crippen LogP) is 2.54. The van der Waals surface area contributed by atoms with Crippen LogP contribution in [-0.2, 0) is 11.3 Å². The van der Waals surface area contributed by atoms with Crippen LogP contribution in [0, 0.1) is 5.92 Å². The van der Waals surface area contributed by atoms with Crippen molar-refractivity contribution >= 4 is 16.9 Å². The maximum absolute atomic E-state index is 11.8. The average Bonchev–Trinajstić information content (AvgIpc) is 2.81. The van der Waals surface area contributed by atoms with Gasteiger partial charge in [-0.2, -0.15) is 0 Å². The molecule has 2 aromatic rings. The van der Waals surface area contributed by atoms with Crippen LogP contribution in [0.4, 0.5) is 0 Å². The van der Waals surface area contributed by atoms with Crippen molar-refractivity contribution in [2.75, 3.05) is 13.6 Å². The van der Waals surface area contributed by atoms with E-state index in [1.54, 1.807) is 0 Å². The third kappa shape index (κ3) is 3.13. The number of imidazole rings is 1. The summed E-state index contributed by atoms with van der Waals surface area (Å²) in [5.41, 5.74) is 2.18. The van der Waals surface area contributed by atoms with Gasteiger partial charge in [-0.1, -0.05) is 26.0 Å². The number of aromatic nitrogens is 2. The van der Waals surface area contributed by atoms with Crippen molar-refractivity contribution in [1.82, 2.24) is 14.5 Å². The van der Waals surface area contributed by atoms with Gasteiger partial charge in [-0.15, -0.1) is 0 Å². The van der Waals surface area contributed by atoms with Crippen molar-refractivity contribution in [3.8, 4) is 0 Å². The Morgan fingerprint density at radius 1 is 1.37 bits per heavy atom. The molecule has 0 aliphatic carbocycles. The molecule has 1 heterocycles. The molecule has 2 rings (SSSR count). The molecule has 102 valence electrons. The summed E-state index contributed by atoms with van der Waals surface area (Å²) in [4.78, 5) is 17.9. The van der Waals surface area contributed by atoms with Crippen LogP contribution in [0.1, 0.15) is 20.3 Å². The lowest BCUT2D eigenvalue weighted by Gasteiger charge is -2.19. The van der Waals surface area contributed by atoms with Crippen molar-refractivity contribution in [3.05, 3.63) is 30.6 Å². The molecular formula is C15H21N3O. The van der Waals surface area contributed by atoms with Gasteiger partial charge in [-0.25, -0.2) is 4.98 Å². The molecule has 0 N–H and O–H groups in total. The minimum Gasteiger partial charge on any atom is -0.345 e. The second kappa shape index (κ2) is 5.87. The smallest absolute Gasteiger partial charge is 0.224 e. The molecule has 1 aromatic carbocycles.